The molecule has 8 nitrogen and oxygen atoms in total. The lowest BCUT2D eigenvalue weighted by Crippen LogP contribution is -2.53. The fraction of sp³-hybridized carbons (Fsp3) is 0.333. The third kappa shape index (κ3) is 7.93. The number of hydrogen-bond donors (Lipinski definition) is 1. The quantitative estimate of drug-likeness (QED) is 0.275. The lowest BCUT2D eigenvalue weighted by atomic mass is 10.1. The number of aryl methyl sites for hydroxylation is 1. The Bertz CT molecular complexity index is 1480. The molecule has 0 unspecified atom stereocenters. The third-order valence-corrected chi connectivity index (χ3v) is 8.75. The van der Waals surface area contributed by atoms with Gasteiger partial charge in [-0.1, -0.05) is 60.5 Å². The molecule has 0 aromatic heterocycles. The molecular formula is C30H35Cl2N3O5S. The van der Waals surface area contributed by atoms with Crippen molar-refractivity contribution < 1.29 is 22.7 Å². The van der Waals surface area contributed by atoms with E-state index in [2.05, 4.69) is 5.32 Å². The summed E-state index contributed by atoms with van der Waals surface area (Å²) in [5.41, 5.74) is 1.54. The van der Waals surface area contributed by atoms with Gasteiger partial charge in [0, 0.05) is 22.6 Å². The van der Waals surface area contributed by atoms with Crippen LogP contribution in [0, 0.1) is 6.92 Å². The fourth-order valence-electron chi connectivity index (χ4n) is 4.36. The number of anilines is 1. The Labute approximate surface area is 252 Å². The summed E-state index contributed by atoms with van der Waals surface area (Å²) in [6, 6.07) is 16.8. The minimum Gasteiger partial charge on any atom is -0.495 e. The summed E-state index contributed by atoms with van der Waals surface area (Å²) >= 11 is 12.5. The first kappa shape index (κ1) is 32.2. The number of sulfonamides is 1. The highest BCUT2D eigenvalue weighted by atomic mass is 35.5. The summed E-state index contributed by atoms with van der Waals surface area (Å²) in [6.07, 6.45) is 0.286. The molecule has 0 radical (unpaired) electrons. The highest BCUT2D eigenvalue weighted by Gasteiger charge is 2.35. The van der Waals surface area contributed by atoms with Gasteiger partial charge < -0.3 is 15.0 Å². The Balaban J connectivity index is 2.14. The highest BCUT2D eigenvalue weighted by Crippen LogP contribution is 2.34. The Morgan fingerprint density at radius 1 is 1.00 bits per heavy atom. The number of ether oxygens (including phenoxy) is 1. The lowest BCUT2D eigenvalue weighted by Gasteiger charge is -2.34. The molecule has 0 spiro atoms. The van der Waals surface area contributed by atoms with Gasteiger partial charge in [0.05, 0.1) is 17.7 Å². The number of benzene rings is 3. The molecule has 3 rings (SSSR count). The van der Waals surface area contributed by atoms with E-state index in [4.69, 9.17) is 27.9 Å². The Hall–Kier alpha value is -3.27. The van der Waals surface area contributed by atoms with Gasteiger partial charge in [0.15, 0.2) is 0 Å². The van der Waals surface area contributed by atoms with Crippen molar-refractivity contribution in [3.05, 3.63) is 87.9 Å². The predicted molar refractivity (Wildman–Crippen MR) is 163 cm³/mol. The van der Waals surface area contributed by atoms with Gasteiger partial charge in [0.1, 0.15) is 18.3 Å². The molecule has 11 heteroatoms. The zero-order chi connectivity index (χ0) is 30.3. The summed E-state index contributed by atoms with van der Waals surface area (Å²) in [7, 11) is -2.80. The number of methoxy groups -OCH3 is 1. The van der Waals surface area contributed by atoms with Gasteiger partial charge in [-0.2, -0.15) is 0 Å². The number of amides is 2. The minimum atomic E-state index is -4.23. The van der Waals surface area contributed by atoms with Crippen LogP contribution in [-0.4, -0.2) is 50.9 Å². The summed E-state index contributed by atoms with van der Waals surface area (Å²) < 4.78 is 34.6. The van der Waals surface area contributed by atoms with Crippen molar-refractivity contribution in [1.29, 1.82) is 0 Å². The van der Waals surface area contributed by atoms with Gasteiger partial charge in [-0.15, -0.1) is 0 Å². The van der Waals surface area contributed by atoms with Crippen molar-refractivity contribution in [1.82, 2.24) is 10.2 Å². The van der Waals surface area contributed by atoms with E-state index >= 15 is 0 Å². The van der Waals surface area contributed by atoms with E-state index in [1.54, 1.807) is 61.5 Å². The SMILES string of the molecule is CC[C@@H](C(=O)NC(C)C)N(Cc1ccc(Cl)cc1Cl)C(=O)CN(c1cc(C)ccc1OC)S(=O)(=O)c1ccccc1. The molecule has 2 amide bonds. The first-order valence-corrected chi connectivity index (χ1v) is 15.3. The number of halogens is 2. The van der Waals surface area contributed by atoms with Crippen LogP contribution in [-0.2, 0) is 26.2 Å². The van der Waals surface area contributed by atoms with Crippen molar-refractivity contribution in [3.8, 4) is 5.75 Å². The van der Waals surface area contributed by atoms with E-state index in [9.17, 15) is 18.0 Å². The van der Waals surface area contributed by atoms with Crippen LogP contribution < -0.4 is 14.4 Å². The molecule has 3 aromatic carbocycles. The smallest absolute Gasteiger partial charge is 0.264 e. The molecule has 0 bridgehead atoms. The molecule has 0 aliphatic carbocycles. The number of rotatable bonds is 12. The zero-order valence-electron chi connectivity index (χ0n) is 23.7. The third-order valence-electron chi connectivity index (χ3n) is 6.39. The van der Waals surface area contributed by atoms with Crippen molar-refractivity contribution in [2.75, 3.05) is 18.0 Å². The predicted octanol–water partition coefficient (Wildman–Crippen LogP) is 5.84. The normalized spacial score (nSPS) is 12.1. The van der Waals surface area contributed by atoms with Crippen molar-refractivity contribution in [2.45, 2.75) is 57.6 Å². The Kier molecular flexibility index (Phi) is 11.1. The minimum absolute atomic E-state index is 0.00764. The molecule has 1 atom stereocenters. The number of nitrogens with one attached hydrogen (secondary N) is 1. The van der Waals surface area contributed by atoms with Gasteiger partial charge in [0.25, 0.3) is 10.0 Å². The van der Waals surface area contributed by atoms with Crippen LogP contribution in [0.5, 0.6) is 5.75 Å². The second-order valence-corrected chi connectivity index (χ2v) is 12.6. The maximum Gasteiger partial charge on any atom is 0.264 e. The van der Waals surface area contributed by atoms with Crippen molar-refractivity contribution in [3.63, 3.8) is 0 Å². The molecule has 0 saturated carbocycles. The van der Waals surface area contributed by atoms with E-state index in [1.165, 1.54) is 24.1 Å². The van der Waals surface area contributed by atoms with Crippen LogP contribution in [0.3, 0.4) is 0 Å². The average molecular weight is 621 g/mol. The van der Waals surface area contributed by atoms with Crippen LogP contribution in [0.4, 0.5) is 5.69 Å². The molecule has 3 aromatic rings. The van der Waals surface area contributed by atoms with E-state index in [1.807, 2.05) is 20.8 Å². The van der Waals surface area contributed by atoms with Gasteiger partial charge >= 0.3 is 0 Å². The zero-order valence-corrected chi connectivity index (χ0v) is 26.1. The van der Waals surface area contributed by atoms with Gasteiger partial charge in [0.2, 0.25) is 11.8 Å². The van der Waals surface area contributed by atoms with Crippen molar-refractivity contribution in [2.24, 2.45) is 0 Å². The van der Waals surface area contributed by atoms with E-state index in [-0.39, 0.29) is 41.2 Å². The topological polar surface area (TPSA) is 96.0 Å². The van der Waals surface area contributed by atoms with Crippen LogP contribution in [0.15, 0.2) is 71.6 Å². The number of nitrogens with zero attached hydrogens (tertiary/aromatic N) is 2. The van der Waals surface area contributed by atoms with Crippen molar-refractivity contribution >= 4 is 50.7 Å². The first-order chi connectivity index (χ1) is 19.4. The number of carbonyl (C=O) groups excluding carboxylic acids is 2. The van der Waals surface area contributed by atoms with Crippen LogP contribution in [0.25, 0.3) is 0 Å². The standard InChI is InChI=1S/C30H35Cl2N3O5S/c1-6-26(30(37)33-20(2)3)34(18-22-13-14-23(31)17-25(22)32)29(36)19-35(27-16-21(4)12-15-28(27)40-5)41(38,39)24-10-8-7-9-11-24/h7-17,20,26H,6,18-19H2,1-5H3,(H,33,37)/t26-/m0/s1. The van der Waals surface area contributed by atoms with Gasteiger partial charge in [-0.3, -0.25) is 13.9 Å². The van der Waals surface area contributed by atoms with Gasteiger partial charge in [-0.05, 0) is 74.7 Å². The molecule has 220 valence electrons. The monoisotopic (exact) mass is 619 g/mol. The Morgan fingerprint density at radius 2 is 1.68 bits per heavy atom. The molecule has 0 aliphatic heterocycles. The van der Waals surface area contributed by atoms with Crippen LogP contribution in [0.1, 0.15) is 38.3 Å². The maximum atomic E-state index is 14.2. The number of carbonyl (C=O) groups is 2. The molecule has 1 N–H and O–H groups in total. The maximum absolute atomic E-state index is 14.2. The van der Waals surface area contributed by atoms with Crippen LogP contribution in [0.2, 0.25) is 10.0 Å². The van der Waals surface area contributed by atoms with Crippen LogP contribution >= 0.6 is 23.2 Å². The fourth-order valence-corrected chi connectivity index (χ4v) is 6.27. The largest absolute Gasteiger partial charge is 0.495 e. The summed E-state index contributed by atoms with van der Waals surface area (Å²) in [5, 5.41) is 3.61. The second-order valence-electron chi connectivity index (χ2n) is 9.84. The Morgan fingerprint density at radius 3 is 2.27 bits per heavy atom. The average Bonchev–Trinajstić information content (AvgIpc) is 2.92. The second kappa shape index (κ2) is 14.1. The number of hydrogen-bond acceptors (Lipinski definition) is 5. The highest BCUT2D eigenvalue weighted by molar-refractivity contribution is 7.92. The van der Waals surface area contributed by atoms with E-state index in [0.29, 0.717) is 15.6 Å². The molecular weight excluding hydrogens is 585 g/mol. The lowest BCUT2D eigenvalue weighted by molar-refractivity contribution is -0.140. The first-order valence-electron chi connectivity index (χ1n) is 13.1. The molecule has 0 saturated heterocycles. The molecule has 41 heavy (non-hydrogen) atoms. The molecule has 0 heterocycles. The van der Waals surface area contributed by atoms with Gasteiger partial charge in [-0.25, -0.2) is 8.42 Å². The van der Waals surface area contributed by atoms with E-state index < -0.39 is 28.5 Å². The molecule has 0 aliphatic rings. The van der Waals surface area contributed by atoms with E-state index in [0.717, 1.165) is 9.87 Å². The molecule has 0 fully saturated rings. The summed E-state index contributed by atoms with van der Waals surface area (Å²) in [5.74, 6) is -0.670. The summed E-state index contributed by atoms with van der Waals surface area (Å²) in [6.45, 7) is 6.62. The summed E-state index contributed by atoms with van der Waals surface area (Å²) in [4.78, 5) is 28.8.